The standard InChI is InChI=1S/C13H19ClN2O/c1-4-16(5-2)13(17)9-15-12-8-11(14)7-6-10(12)3/h6-8,15H,4-5,9H2,1-3H3. The van der Waals surface area contributed by atoms with Crippen LogP contribution in [0.1, 0.15) is 19.4 Å². The Morgan fingerprint density at radius 2 is 2.00 bits per heavy atom. The van der Waals surface area contributed by atoms with E-state index in [1.165, 1.54) is 0 Å². The summed E-state index contributed by atoms with van der Waals surface area (Å²) in [6, 6.07) is 5.62. The summed E-state index contributed by atoms with van der Waals surface area (Å²) in [4.78, 5) is 13.6. The Kier molecular flexibility index (Phi) is 5.29. The molecule has 0 radical (unpaired) electrons. The van der Waals surface area contributed by atoms with Crippen molar-refractivity contribution in [2.24, 2.45) is 0 Å². The third-order valence-corrected chi connectivity index (χ3v) is 2.98. The Bertz CT molecular complexity index is 389. The van der Waals surface area contributed by atoms with Crippen LogP contribution in [0.4, 0.5) is 5.69 Å². The van der Waals surface area contributed by atoms with E-state index in [4.69, 9.17) is 11.6 Å². The van der Waals surface area contributed by atoms with Gasteiger partial charge in [-0.2, -0.15) is 0 Å². The van der Waals surface area contributed by atoms with E-state index in [2.05, 4.69) is 5.32 Å². The maximum Gasteiger partial charge on any atom is 0.241 e. The lowest BCUT2D eigenvalue weighted by atomic mass is 10.2. The number of amides is 1. The van der Waals surface area contributed by atoms with E-state index in [1.54, 1.807) is 4.90 Å². The van der Waals surface area contributed by atoms with Crippen LogP contribution in [-0.2, 0) is 4.79 Å². The van der Waals surface area contributed by atoms with Crippen molar-refractivity contribution in [1.82, 2.24) is 4.90 Å². The van der Waals surface area contributed by atoms with E-state index in [1.807, 2.05) is 39.0 Å². The van der Waals surface area contributed by atoms with Crippen LogP contribution in [0.15, 0.2) is 18.2 Å². The largest absolute Gasteiger partial charge is 0.376 e. The number of anilines is 1. The van der Waals surface area contributed by atoms with Gasteiger partial charge in [0.15, 0.2) is 0 Å². The molecule has 17 heavy (non-hydrogen) atoms. The van der Waals surface area contributed by atoms with Crippen LogP contribution in [0.3, 0.4) is 0 Å². The predicted molar refractivity (Wildman–Crippen MR) is 72.6 cm³/mol. The molecule has 1 aromatic rings. The smallest absolute Gasteiger partial charge is 0.241 e. The summed E-state index contributed by atoms with van der Waals surface area (Å²) in [6.45, 7) is 7.73. The molecule has 0 atom stereocenters. The fraction of sp³-hybridized carbons (Fsp3) is 0.462. The Morgan fingerprint density at radius 3 is 2.59 bits per heavy atom. The molecule has 0 fully saturated rings. The summed E-state index contributed by atoms with van der Waals surface area (Å²) in [5.74, 6) is 0.106. The molecular formula is C13H19ClN2O. The quantitative estimate of drug-likeness (QED) is 0.876. The molecule has 0 saturated carbocycles. The summed E-state index contributed by atoms with van der Waals surface area (Å²) in [6.07, 6.45) is 0. The van der Waals surface area contributed by atoms with Gasteiger partial charge in [-0.15, -0.1) is 0 Å². The second-order valence-corrected chi connectivity index (χ2v) is 4.32. The van der Waals surface area contributed by atoms with Crippen LogP contribution >= 0.6 is 11.6 Å². The summed E-state index contributed by atoms with van der Waals surface area (Å²) in [7, 11) is 0. The molecule has 0 aliphatic rings. The fourth-order valence-electron chi connectivity index (χ4n) is 1.64. The van der Waals surface area contributed by atoms with E-state index in [9.17, 15) is 4.79 Å². The number of nitrogens with one attached hydrogen (secondary N) is 1. The highest BCUT2D eigenvalue weighted by molar-refractivity contribution is 6.30. The van der Waals surface area contributed by atoms with E-state index in [0.29, 0.717) is 11.6 Å². The topological polar surface area (TPSA) is 32.3 Å². The Morgan fingerprint density at radius 1 is 1.35 bits per heavy atom. The molecule has 94 valence electrons. The number of hydrogen-bond acceptors (Lipinski definition) is 2. The molecule has 0 aliphatic heterocycles. The van der Waals surface area contributed by atoms with Gasteiger partial charge in [0.05, 0.1) is 6.54 Å². The van der Waals surface area contributed by atoms with Gasteiger partial charge in [-0.3, -0.25) is 4.79 Å². The second kappa shape index (κ2) is 6.50. The SMILES string of the molecule is CCN(CC)C(=O)CNc1cc(Cl)ccc1C. The first-order chi connectivity index (χ1) is 8.08. The van der Waals surface area contributed by atoms with E-state index in [-0.39, 0.29) is 5.91 Å². The predicted octanol–water partition coefficient (Wildman–Crippen LogP) is 2.93. The zero-order valence-electron chi connectivity index (χ0n) is 10.6. The average molecular weight is 255 g/mol. The van der Waals surface area contributed by atoms with Gasteiger partial charge < -0.3 is 10.2 Å². The molecule has 0 aromatic heterocycles. The van der Waals surface area contributed by atoms with Gasteiger partial charge >= 0.3 is 0 Å². The van der Waals surface area contributed by atoms with Crippen LogP contribution < -0.4 is 5.32 Å². The number of carbonyl (C=O) groups is 1. The number of benzene rings is 1. The van der Waals surface area contributed by atoms with Crippen molar-refractivity contribution in [3.63, 3.8) is 0 Å². The summed E-state index contributed by atoms with van der Waals surface area (Å²) < 4.78 is 0. The minimum atomic E-state index is 0.106. The van der Waals surface area contributed by atoms with Gasteiger partial charge in [0.2, 0.25) is 5.91 Å². The van der Waals surface area contributed by atoms with Crippen molar-refractivity contribution in [1.29, 1.82) is 0 Å². The molecule has 4 heteroatoms. The number of aryl methyl sites for hydroxylation is 1. The van der Waals surface area contributed by atoms with Gasteiger partial charge in [-0.05, 0) is 38.5 Å². The maximum absolute atomic E-state index is 11.8. The van der Waals surface area contributed by atoms with E-state index in [0.717, 1.165) is 24.3 Å². The van der Waals surface area contributed by atoms with Gasteiger partial charge in [0.25, 0.3) is 0 Å². The van der Waals surface area contributed by atoms with Crippen LogP contribution in [0.25, 0.3) is 0 Å². The zero-order valence-corrected chi connectivity index (χ0v) is 11.3. The van der Waals surface area contributed by atoms with E-state index < -0.39 is 0 Å². The zero-order chi connectivity index (χ0) is 12.8. The Hall–Kier alpha value is -1.22. The summed E-state index contributed by atoms with van der Waals surface area (Å²) in [5, 5.41) is 3.80. The molecule has 1 aromatic carbocycles. The molecule has 0 heterocycles. The molecule has 0 saturated heterocycles. The molecule has 0 bridgehead atoms. The highest BCUT2D eigenvalue weighted by atomic mass is 35.5. The Labute approximate surface area is 108 Å². The Balaban J connectivity index is 2.61. The van der Waals surface area contributed by atoms with Gasteiger partial charge in [-0.1, -0.05) is 17.7 Å². The highest BCUT2D eigenvalue weighted by Crippen LogP contribution is 2.19. The number of halogens is 1. The van der Waals surface area contributed by atoms with Gasteiger partial charge in [0, 0.05) is 23.8 Å². The van der Waals surface area contributed by atoms with Gasteiger partial charge in [0.1, 0.15) is 0 Å². The number of rotatable bonds is 5. The normalized spacial score (nSPS) is 10.1. The molecule has 1 rings (SSSR count). The van der Waals surface area contributed by atoms with Crippen molar-refractivity contribution in [2.75, 3.05) is 25.0 Å². The lowest BCUT2D eigenvalue weighted by Gasteiger charge is -2.19. The highest BCUT2D eigenvalue weighted by Gasteiger charge is 2.09. The third kappa shape index (κ3) is 3.93. The average Bonchev–Trinajstić information content (AvgIpc) is 2.32. The first-order valence-corrected chi connectivity index (χ1v) is 6.24. The monoisotopic (exact) mass is 254 g/mol. The lowest BCUT2D eigenvalue weighted by Crippen LogP contribution is -2.35. The van der Waals surface area contributed by atoms with Crippen molar-refractivity contribution in [3.8, 4) is 0 Å². The molecule has 0 aliphatic carbocycles. The molecule has 0 spiro atoms. The summed E-state index contributed by atoms with van der Waals surface area (Å²) in [5.41, 5.74) is 2.00. The van der Waals surface area contributed by atoms with Crippen molar-refractivity contribution in [3.05, 3.63) is 28.8 Å². The third-order valence-electron chi connectivity index (χ3n) is 2.75. The molecule has 1 amide bonds. The second-order valence-electron chi connectivity index (χ2n) is 3.88. The van der Waals surface area contributed by atoms with E-state index >= 15 is 0 Å². The summed E-state index contributed by atoms with van der Waals surface area (Å²) >= 11 is 5.91. The minimum Gasteiger partial charge on any atom is -0.376 e. The fourth-order valence-corrected chi connectivity index (χ4v) is 1.82. The minimum absolute atomic E-state index is 0.106. The maximum atomic E-state index is 11.8. The van der Waals surface area contributed by atoms with Crippen LogP contribution in [-0.4, -0.2) is 30.4 Å². The number of hydrogen-bond donors (Lipinski definition) is 1. The number of nitrogens with zero attached hydrogens (tertiary/aromatic N) is 1. The van der Waals surface area contributed by atoms with Crippen molar-refractivity contribution < 1.29 is 4.79 Å². The molecule has 0 unspecified atom stereocenters. The molecular weight excluding hydrogens is 236 g/mol. The van der Waals surface area contributed by atoms with Crippen LogP contribution in [0.5, 0.6) is 0 Å². The first-order valence-electron chi connectivity index (χ1n) is 5.86. The lowest BCUT2D eigenvalue weighted by molar-refractivity contribution is -0.128. The van der Waals surface area contributed by atoms with Crippen molar-refractivity contribution in [2.45, 2.75) is 20.8 Å². The van der Waals surface area contributed by atoms with Crippen LogP contribution in [0, 0.1) is 6.92 Å². The number of likely N-dealkylation sites (N-methyl/N-ethyl adjacent to an activating group) is 1. The van der Waals surface area contributed by atoms with Crippen LogP contribution in [0.2, 0.25) is 5.02 Å². The first kappa shape index (κ1) is 13.8. The van der Waals surface area contributed by atoms with Gasteiger partial charge in [-0.25, -0.2) is 0 Å². The number of carbonyl (C=O) groups excluding carboxylic acids is 1. The van der Waals surface area contributed by atoms with Crippen molar-refractivity contribution >= 4 is 23.2 Å². The molecule has 1 N–H and O–H groups in total. The molecule has 3 nitrogen and oxygen atoms in total.